The SMILES string of the molecule is CCc1ccc(C(NC)c2ccc(OC)c(Br)c2OC)o1. The largest absolute Gasteiger partial charge is 0.495 e. The molecule has 1 heterocycles. The van der Waals surface area contributed by atoms with Gasteiger partial charge in [0.1, 0.15) is 27.5 Å². The lowest BCUT2D eigenvalue weighted by Crippen LogP contribution is -2.18. The Morgan fingerprint density at radius 2 is 1.95 bits per heavy atom. The van der Waals surface area contributed by atoms with Crippen LogP contribution >= 0.6 is 15.9 Å². The molecular formula is C16H20BrNO3. The molecule has 0 aliphatic heterocycles. The molecule has 21 heavy (non-hydrogen) atoms. The Kier molecular flexibility index (Phi) is 5.31. The molecule has 0 radical (unpaired) electrons. The molecule has 4 nitrogen and oxygen atoms in total. The Bertz CT molecular complexity index is 610. The topological polar surface area (TPSA) is 43.6 Å². The minimum absolute atomic E-state index is 0.0811. The third-order valence-electron chi connectivity index (χ3n) is 3.43. The van der Waals surface area contributed by atoms with Crippen molar-refractivity contribution in [1.29, 1.82) is 0 Å². The van der Waals surface area contributed by atoms with E-state index in [-0.39, 0.29) is 6.04 Å². The minimum atomic E-state index is -0.0811. The number of aryl methyl sites for hydroxylation is 1. The van der Waals surface area contributed by atoms with Gasteiger partial charge in [-0.1, -0.05) is 6.92 Å². The summed E-state index contributed by atoms with van der Waals surface area (Å²) in [6.45, 7) is 2.07. The van der Waals surface area contributed by atoms with Crippen molar-refractivity contribution in [2.75, 3.05) is 21.3 Å². The van der Waals surface area contributed by atoms with Gasteiger partial charge in [0.05, 0.1) is 20.3 Å². The van der Waals surface area contributed by atoms with E-state index in [2.05, 4.69) is 28.2 Å². The van der Waals surface area contributed by atoms with Gasteiger partial charge in [-0.05, 0) is 47.2 Å². The Balaban J connectivity index is 2.49. The molecule has 2 aromatic rings. The van der Waals surface area contributed by atoms with Gasteiger partial charge < -0.3 is 19.2 Å². The Labute approximate surface area is 133 Å². The van der Waals surface area contributed by atoms with Crippen molar-refractivity contribution in [3.63, 3.8) is 0 Å². The number of ether oxygens (including phenoxy) is 2. The van der Waals surface area contributed by atoms with E-state index in [1.807, 2.05) is 31.3 Å². The quantitative estimate of drug-likeness (QED) is 0.854. The Morgan fingerprint density at radius 1 is 1.19 bits per heavy atom. The van der Waals surface area contributed by atoms with Crippen molar-refractivity contribution in [2.45, 2.75) is 19.4 Å². The van der Waals surface area contributed by atoms with Crippen molar-refractivity contribution >= 4 is 15.9 Å². The summed E-state index contributed by atoms with van der Waals surface area (Å²) in [6.07, 6.45) is 0.875. The molecule has 0 saturated heterocycles. The van der Waals surface area contributed by atoms with Gasteiger partial charge in [-0.3, -0.25) is 0 Å². The minimum Gasteiger partial charge on any atom is -0.495 e. The normalized spacial score (nSPS) is 12.2. The van der Waals surface area contributed by atoms with Gasteiger partial charge in [-0.15, -0.1) is 0 Å². The highest BCUT2D eigenvalue weighted by Gasteiger charge is 2.23. The van der Waals surface area contributed by atoms with Crippen molar-refractivity contribution in [3.05, 3.63) is 45.8 Å². The van der Waals surface area contributed by atoms with E-state index < -0.39 is 0 Å². The summed E-state index contributed by atoms with van der Waals surface area (Å²) in [5.41, 5.74) is 0.990. The molecule has 0 spiro atoms. The van der Waals surface area contributed by atoms with Crippen LogP contribution in [0.3, 0.4) is 0 Å². The molecule has 0 bridgehead atoms. The third kappa shape index (κ3) is 3.09. The molecule has 0 fully saturated rings. The van der Waals surface area contributed by atoms with E-state index in [1.165, 1.54) is 0 Å². The summed E-state index contributed by atoms with van der Waals surface area (Å²) in [6, 6.07) is 7.82. The van der Waals surface area contributed by atoms with Gasteiger partial charge in [-0.25, -0.2) is 0 Å². The van der Waals surface area contributed by atoms with Crippen LogP contribution in [-0.4, -0.2) is 21.3 Å². The molecule has 0 saturated carbocycles. The first-order chi connectivity index (χ1) is 10.2. The summed E-state index contributed by atoms with van der Waals surface area (Å²) < 4.78 is 17.5. The van der Waals surface area contributed by atoms with E-state index in [4.69, 9.17) is 13.9 Å². The fourth-order valence-corrected chi connectivity index (χ4v) is 3.02. The van der Waals surface area contributed by atoms with Crippen LogP contribution in [0.4, 0.5) is 0 Å². The van der Waals surface area contributed by atoms with E-state index >= 15 is 0 Å². The van der Waals surface area contributed by atoms with Crippen LogP contribution in [0.15, 0.2) is 33.2 Å². The molecule has 1 aromatic heterocycles. The highest BCUT2D eigenvalue weighted by atomic mass is 79.9. The average molecular weight is 354 g/mol. The molecule has 114 valence electrons. The average Bonchev–Trinajstić information content (AvgIpc) is 2.97. The summed E-state index contributed by atoms with van der Waals surface area (Å²) in [5.74, 6) is 3.31. The number of benzene rings is 1. The predicted molar refractivity (Wildman–Crippen MR) is 86.2 cm³/mol. The maximum atomic E-state index is 5.87. The second-order valence-corrected chi connectivity index (χ2v) is 5.38. The van der Waals surface area contributed by atoms with Crippen LogP contribution in [0, 0.1) is 0 Å². The zero-order chi connectivity index (χ0) is 15.4. The molecule has 0 aliphatic carbocycles. The summed E-state index contributed by atoms with van der Waals surface area (Å²) >= 11 is 3.53. The molecule has 1 aromatic carbocycles. The fourth-order valence-electron chi connectivity index (χ4n) is 2.34. The highest BCUT2D eigenvalue weighted by molar-refractivity contribution is 9.10. The van der Waals surface area contributed by atoms with E-state index in [9.17, 15) is 0 Å². The number of hydrogen-bond acceptors (Lipinski definition) is 4. The second kappa shape index (κ2) is 7.00. The zero-order valence-corrected chi connectivity index (χ0v) is 14.3. The fraction of sp³-hybridized carbons (Fsp3) is 0.375. The number of hydrogen-bond donors (Lipinski definition) is 1. The molecule has 1 atom stereocenters. The standard InChI is InChI=1S/C16H20BrNO3/c1-5-10-6-8-13(21-10)15(18-2)11-7-9-12(19-3)14(17)16(11)20-4/h6-9,15,18H,5H2,1-4H3. The number of rotatable bonds is 6. The van der Waals surface area contributed by atoms with Crippen molar-refractivity contribution in [2.24, 2.45) is 0 Å². The highest BCUT2D eigenvalue weighted by Crippen LogP contribution is 2.41. The first kappa shape index (κ1) is 15.9. The zero-order valence-electron chi connectivity index (χ0n) is 12.7. The van der Waals surface area contributed by atoms with Gasteiger partial charge in [0.25, 0.3) is 0 Å². The molecular weight excluding hydrogens is 334 g/mol. The lowest BCUT2D eigenvalue weighted by atomic mass is 10.0. The van der Waals surface area contributed by atoms with Gasteiger partial charge in [0.15, 0.2) is 0 Å². The Hall–Kier alpha value is -1.46. The summed E-state index contributed by atoms with van der Waals surface area (Å²) in [7, 11) is 5.18. The molecule has 0 aliphatic rings. The molecule has 2 rings (SSSR count). The van der Waals surface area contributed by atoms with Crippen LogP contribution < -0.4 is 14.8 Å². The van der Waals surface area contributed by atoms with Crippen molar-refractivity contribution in [1.82, 2.24) is 5.32 Å². The lowest BCUT2D eigenvalue weighted by molar-refractivity contribution is 0.376. The first-order valence-electron chi connectivity index (χ1n) is 6.82. The predicted octanol–water partition coefficient (Wildman–Crippen LogP) is 3.93. The van der Waals surface area contributed by atoms with Gasteiger partial charge in [0, 0.05) is 12.0 Å². The molecule has 0 amide bonds. The monoisotopic (exact) mass is 353 g/mol. The maximum absolute atomic E-state index is 5.87. The Morgan fingerprint density at radius 3 is 2.48 bits per heavy atom. The number of methoxy groups -OCH3 is 2. The molecule has 1 N–H and O–H groups in total. The van der Waals surface area contributed by atoms with E-state index in [1.54, 1.807) is 14.2 Å². The van der Waals surface area contributed by atoms with Crippen LogP contribution in [0.25, 0.3) is 0 Å². The third-order valence-corrected chi connectivity index (χ3v) is 4.18. The molecule has 5 heteroatoms. The molecule has 1 unspecified atom stereocenters. The van der Waals surface area contributed by atoms with E-state index in [0.29, 0.717) is 0 Å². The number of halogens is 1. The van der Waals surface area contributed by atoms with Crippen LogP contribution in [-0.2, 0) is 6.42 Å². The van der Waals surface area contributed by atoms with Gasteiger partial charge in [-0.2, -0.15) is 0 Å². The first-order valence-corrected chi connectivity index (χ1v) is 7.61. The van der Waals surface area contributed by atoms with Gasteiger partial charge in [0.2, 0.25) is 0 Å². The van der Waals surface area contributed by atoms with Crippen molar-refractivity contribution in [3.8, 4) is 11.5 Å². The number of furan rings is 1. The second-order valence-electron chi connectivity index (χ2n) is 4.58. The van der Waals surface area contributed by atoms with Crippen LogP contribution in [0.5, 0.6) is 11.5 Å². The maximum Gasteiger partial charge on any atom is 0.142 e. The van der Waals surface area contributed by atoms with Gasteiger partial charge >= 0.3 is 0 Å². The van der Waals surface area contributed by atoms with E-state index in [0.717, 1.165) is 39.5 Å². The van der Waals surface area contributed by atoms with Crippen molar-refractivity contribution < 1.29 is 13.9 Å². The lowest BCUT2D eigenvalue weighted by Gasteiger charge is -2.19. The summed E-state index contributed by atoms with van der Waals surface area (Å²) in [4.78, 5) is 0. The summed E-state index contributed by atoms with van der Waals surface area (Å²) in [5, 5.41) is 3.28. The van der Waals surface area contributed by atoms with Crippen LogP contribution in [0.2, 0.25) is 0 Å². The number of nitrogens with one attached hydrogen (secondary N) is 1. The van der Waals surface area contributed by atoms with Crippen LogP contribution in [0.1, 0.15) is 30.0 Å². The smallest absolute Gasteiger partial charge is 0.142 e.